The van der Waals surface area contributed by atoms with Gasteiger partial charge in [-0.3, -0.25) is 4.79 Å². The minimum Gasteiger partial charge on any atom is -0.481 e. The molecule has 0 saturated heterocycles. The minimum absolute atomic E-state index is 0.0354. The van der Waals surface area contributed by atoms with Crippen LogP contribution in [0.1, 0.15) is 32.1 Å². The predicted octanol–water partition coefficient (Wildman–Crippen LogP) is 0.406. The molecule has 0 aliphatic heterocycles. The van der Waals surface area contributed by atoms with Crippen molar-refractivity contribution in [2.45, 2.75) is 44.2 Å². The van der Waals surface area contributed by atoms with Gasteiger partial charge in [-0.15, -0.1) is 0 Å². The molecular weight excluding hydrogens is 236 g/mol. The Bertz CT molecular complexity index is 330. The van der Waals surface area contributed by atoms with Gasteiger partial charge in [-0.05, 0) is 32.1 Å². The summed E-state index contributed by atoms with van der Waals surface area (Å²) >= 11 is 0. The van der Waals surface area contributed by atoms with E-state index in [1.54, 1.807) is 4.90 Å². The number of carbonyl (C=O) groups excluding carboxylic acids is 1. The predicted molar refractivity (Wildman–Crippen MR) is 64.1 cm³/mol. The van der Waals surface area contributed by atoms with Gasteiger partial charge in [-0.1, -0.05) is 0 Å². The van der Waals surface area contributed by atoms with E-state index in [4.69, 9.17) is 10.2 Å². The number of urea groups is 1. The van der Waals surface area contributed by atoms with Crippen LogP contribution in [0.15, 0.2) is 0 Å². The van der Waals surface area contributed by atoms with Crippen LogP contribution in [-0.2, 0) is 4.79 Å². The highest BCUT2D eigenvalue weighted by atomic mass is 16.4. The summed E-state index contributed by atoms with van der Waals surface area (Å²) in [5.74, 6) is -1.11. The summed E-state index contributed by atoms with van der Waals surface area (Å²) in [6.07, 6.45) is 3.86. The van der Waals surface area contributed by atoms with Crippen LogP contribution in [0, 0.1) is 5.92 Å². The van der Waals surface area contributed by atoms with E-state index in [1.165, 1.54) is 0 Å². The molecule has 2 rings (SSSR count). The third-order valence-corrected chi connectivity index (χ3v) is 3.70. The second kappa shape index (κ2) is 5.56. The second-order valence-electron chi connectivity index (χ2n) is 5.14. The maximum atomic E-state index is 12.0. The lowest BCUT2D eigenvalue weighted by Crippen LogP contribution is -2.46. The standard InChI is InChI=1S/C12H20N2O4/c15-6-5-14(10-3-4-10)12(18)13-9-2-1-8(7-9)11(16)17/h8-10,15H,1-7H2,(H,13,18)(H,16,17)/t8-,9+/m1/s1. The zero-order chi connectivity index (χ0) is 13.1. The number of aliphatic hydroxyl groups is 1. The number of carboxylic acid groups (broad SMARTS) is 1. The number of aliphatic carboxylic acids is 1. The van der Waals surface area contributed by atoms with Gasteiger partial charge in [0.05, 0.1) is 12.5 Å². The summed E-state index contributed by atoms with van der Waals surface area (Å²) < 4.78 is 0. The molecule has 0 spiro atoms. The number of hydrogen-bond acceptors (Lipinski definition) is 3. The monoisotopic (exact) mass is 256 g/mol. The molecule has 0 aromatic carbocycles. The third-order valence-electron chi connectivity index (χ3n) is 3.70. The van der Waals surface area contributed by atoms with Gasteiger partial charge in [-0.2, -0.15) is 0 Å². The zero-order valence-corrected chi connectivity index (χ0v) is 10.3. The van der Waals surface area contributed by atoms with E-state index in [1.807, 2.05) is 0 Å². The Balaban J connectivity index is 1.81. The highest BCUT2D eigenvalue weighted by Gasteiger charge is 2.35. The molecule has 0 heterocycles. The number of rotatable bonds is 5. The van der Waals surface area contributed by atoms with Crippen molar-refractivity contribution in [1.82, 2.24) is 10.2 Å². The van der Waals surface area contributed by atoms with Crippen LogP contribution in [0.25, 0.3) is 0 Å². The lowest BCUT2D eigenvalue weighted by molar-refractivity contribution is -0.141. The van der Waals surface area contributed by atoms with E-state index < -0.39 is 5.97 Å². The van der Waals surface area contributed by atoms with Crippen LogP contribution in [0.3, 0.4) is 0 Å². The first-order chi connectivity index (χ1) is 8.61. The van der Waals surface area contributed by atoms with Gasteiger partial charge in [-0.25, -0.2) is 4.79 Å². The van der Waals surface area contributed by atoms with Crippen molar-refractivity contribution < 1.29 is 19.8 Å². The summed E-state index contributed by atoms with van der Waals surface area (Å²) in [6.45, 7) is 0.317. The first kappa shape index (κ1) is 13.1. The Kier molecular flexibility index (Phi) is 4.06. The van der Waals surface area contributed by atoms with E-state index in [0.29, 0.717) is 19.4 Å². The van der Waals surface area contributed by atoms with E-state index in [-0.39, 0.29) is 30.6 Å². The van der Waals surface area contributed by atoms with E-state index in [9.17, 15) is 9.59 Å². The molecule has 0 aromatic rings. The van der Waals surface area contributed by atoms with Gasteiger partial charge in [0.2, 0.25) is 0 Å². The molecule has 2 amide bonds. The highest BCUT2D eigenvalue weighted by molar-refractivity contribution is 5.76. The number of nitrogens with one attached hydrogen (secondary N) is 1. The number of hydrogen-bond donors (Lipinski definition) is 3. The van der Waals surface area contributed by atoms with Crippen LogP contribution in [0.2, 0.25) is 0 Å². The minimum atomic E-state index is -0.777. The Morgan fingerprint density at radius 2 is 1.94 bits per heavy atom. The smallest absolute Gasteiger partial charge is 0.317 e. The van der Waals surface area contributed by atoms with Crippen molar-refractivity contribution in [2.24, 2.45) is 5.92 Å². The normalized spacial score (nSPS) is 26.9. The number of amides is 2. The molecule has 2 aliphatic rings. The van der Waals surface area contributed by atoms with Crippen molar-refractivity contribution in [3.05, 3.63) is 0 Å². The molecule has 0 bridgehead atoms. The van der Waals surface area contributed by atoms with Crippen LogP contribution < -0.4 is 5.32 Å². The van der Waals surface area contributed by atoms with Gasteiger partial charge in [0, 0.05) is 18.6 Å². The fraction of sp³-hybridized carbons (Fsp3) is 0.833. The molecule has 6 heteroatoms. The highest BCUT2D eigenvalue weighted by Crippen LogP contribution is 2.28. The van der Waals surface area contributed by atoms with Crippen molar-refractivity contribution in [2.75, 3.05) is 13.2 Å². The molecule has 0 radical (unpaired) electrons. The second-order valence-corrected chi connectivity index (χ2v) is 5.14. The van der Waals surface area contributed by atoms with E-state index in [0.717, 1.165) is 19.3 Å². The summed E-state index contributed by atoms with van der Waals surface area (Å²) in [6, 6.07) is 0.0509. The molecule has 18 heavy (non-hydrogen) atoms. The quantitative estimate of drug-likeness (QED) is 0.664. The number of carboxylic acids is 1. The topological polar surface area (TPSA) is 89.9 Å². The molecule has 2 atom stereocenters. The lowest BCUT2D eigenvalue weighted by Gasteiger charge is -2.24. The van der Waals surface area contributed by atoms with E-state index >= 15 is 0 Å². The molecular formula is C12H20N2O4. The zero-order valence-electron chi connectivity index (χ0n) is 10.3. The summed E-state index contributed by atoms with van der Waals surface area (Å²) in [4.78, 5) is 24.5. The van der Waals surface area contributed by atoms with Gasteiger partial charge in [0.25, 0.3) is 0 Å². The first-order valence-electron chi connectivity index (χ1n) is 6.52. The summed E-state index contributed by atoms with van der Waals surface area (Å²) in [7, 11) is 0. The van der Waals surface area contributed by atoms with Gasteiger partial charge < -0.3 is 20.4 Å². The SMILES string of the molecule is O=C(O)[C@@H]1CC[C@H](NC(=O)N(CCO)C2CC2)C1. The Hall–Kier alpha value is -1.30. The Morgan fingerprint density at radius 1 is 1.22 bits per heavy atom. The molecule has 0 unspecified atom stereocenters. The van der Waals surface area contributed by atoms with Gasteiger partial charge in [0.15, 0.2) is 0 Å². The molecule has 102 valence electrons. The molecule has 2 fully saturated rings. The fourth-order valence-electron chi connectivity index (χ4n) is 2.54. The third kappa shape index (κ3) is 3.13. The maximum absolute atomic E-state index is 12.0. The number of carbonyl (C=O) groups is 2. The van der Waals surface area contributed by atoms with Crippen molar-refractivity contribution in [1.29, 1.82) is 0 Å². The van der Waals surface area contributed by atoms with Gasteiger partial charge in [0.1, 0.15) is 0 Å². The molecule has 2 aliphatic carbocycles. The van der Waals surface area contributed by atoms with Crippen molar-refractivity contribution in [3.63, 3.8) is 0 Å². The average Bonchev–Trinajstić information content (AvgIpc) is 3.05. The lowest BCUT2D eigenvalue weighted by atomic mass is 10.1. The van der Waals surface area contributed by atoms with Crippen LogP contribution >= 0.6 is 0 Å². The molecule has 0 aromatic heterocycles. The number of nitrogens with zero attached hydrogens (tertiary/aromatic N) is 1. The molecule has 2 saturated carbocycles. The fourth-order valence-corrected chi connectivity index (χ4v) is 2.54. The summed E-state index contributed by atoms with van der Waals surface area (Å²) in [5, 5.41) is 20.7. The van der Waals surface area contributed by atoms with Crippen molar-refractivity contribution in [3.8, 4) is 0 Å². The first-order valence-corrected chi connectivity index (χ1v) is 6.52. The van der Waals surface area contributed by atoms with Crippen LogP contribution in [-0.4, -0.2) is 52.3 Å². The van der Waals surface area contributed by atoms with Crippen LogP contribution in [0.5, 0.6) is 0 Å². The van der Waals surface area contributed by atoms with Gasteiger partial charge >= 0.3 is 12.0 Å². The molecule has 3 N–H and O–H groups in total. The number of aliphatic hydroxyl groups excluding tert-OH is 1. The molecule has 6 nitrogen and oxygen atoms in total. The maximum Gasteiger partial charge on any atom is 0.317 e. The summed E-state index contributed by atoms with van der Waals surface area (Å²) in [5.41, 5.74) is 0. The Labute approximate surface area is 106 Å². The average molecular weight is 256 g/mol. The van der Waals surface area contributed by atoms with Crippen LogP contribution in [0.4, 0.5) is 4.79 Å². The van der Waals surface area contributed by atoms with Crippen molar-refractivity contribution >= 4 is 12.0 Å². The largest absolute Gasteiger partial charge is 0.481 e. The Morgan fingerprint density at radius 3 is 2.44 bits per heavy atom. The van der Waals surface area contributed by atoms with E-state index in [2.05, 4.69) is 5.32 Å².